The van der Waals surface area contributed by atoms with E-state index in [1.54, 1.807) is 0 Å². The number of hydrogen-bond acceptors (Lipinski definition) is 1. The maximum atomic E-state index is 3.79. The molecule has 1 aromatic rings. The Morgan fingerprint density at radius 2 is 2.00 bits per heavy atom. The lowest BCUT2D eigenvalue weighted by Gasteiger charge is -2.34. The lowest BCUT2D eigenvalue weighted by atomic mass is 9.87. The summed E-state index contributed by atoms with van der Waals surface area (Å²) in [4.78, 5) is 0. The van der Waals surface area contributed by atoms with Crippen LogP contribution in [-0.2, 0) is 6.42 Å². The van der Waals surface area contributed by atoms with E-state index in [0.717, 1.165) is 19.3 Å². The van der Waals surface area contributed by atoms with Crippen LogP contribution in [0.3, 0.4) is 0 Å². The Morgan fingerprint density at radius 1 is 1.22 bits per heavy atom. The SMILES string of the molecule is CC[C@@]1(N[C@@H](C)Cc2ccccc2)C=CC=CC1. The molecule has 0 saturated carbocycles. The summed E-state index contributed by atoms with van der Waals surface area (Å²) in [6, 6.07) is 11.2. The van der Waals surface area contributed by atoms with Gasteiger partial charge in [-0.1, -0.05) is 61.6 Å². The van der Waals surface area contributed by atoms with Gasteiger partial charge in [-0.3, -0.25) is 0 Å². The van der Waals surface area contributed by atoms with Crippen molar-refractivity contribution in [1.29, 1.82) is 0 Å². The minimum atomic E-state index is 0.156. The normalized spacial score (nSPS) is 24.1. The van der Waals surface area contributed by atoms with E-state index in [2.05, 4.69) is 73.8 Å². The molecule has 0 heterocycles. The summed E-state index contributed by atoms with van der Waals surface area (Å²) in [7, 11) is 0. The zero-order valence-corrected chi connectivity index (χ0v) is 11.4. The largest absolute Gasteiger partial charge is 0.305 e. The number of nitrogens with one attached hydrogen (secondary N) is 1. The molecule has 0 amide bonds. The predicted molar refractivity (Wildman–Crippen MR) is 78.7 cm³/mol. The Labute approximate surface area is 111 Å². The molecule has 0 saturated heterocycles. The van der Waals surface area contributed by atoms with Gasteiger partial charge in [-0.15, -0.1) is 0 Å². The van der Waals surface area contributed by atoms with Crippen LogP contribution in [0.1, 0.15) is 32.3 Å². The van der Waals surface area contributed by atoms with Crippen molar-refractivity contribution < 1.29 is 0 Å². The molecular formula is C17H23N. The molecule has 96 valence electrons. The van der Waals surface area contributed by atoms with E-state index < -0.39 is 0 Å². The molecule has 18 heavy (non-hydrogen) atoms. The Balaban J connectivity index is 1.96. The van der Waals surface area contributed by atoms with Gasteiger partial charge in [-0.25, -0.2) is 0 Å². The lowest BCUT2D eigenvalue weighted by Crippen LogP contribution is -2.48. The summed E-state index contributed by atoms with van der Waals surface area (Å²) in [6.45, 7) is 4.53. The summed E-state index contributed by atoms with van der Waals surface area (Å²) in [5.74, 6) is 0. The average molecular weight is 241 g/mol. The van der Waals surface area contributed by atoms with Gasteiger partial charge in [0.1, 0.15) is 0 Å². The fraction of sp³-hybridized carbons (Fsp3) is 0.412. The molecule has 1 heteroatoms. The van der Waals surface area contributed by atoms with E-state index in [1.807, 2.05) is 0 Å². The van der Waals surface area contributed by atoms with Crippen molar-refractivity contribution >= 4 is 0 Å². The monoisotopic (exact) mass is 241 g/mol. The predicted octanol–water partition coefficient (Wildman–Crippen LogP) is 3.87. The van der Waals surface area contributed by atoms with Crippen LogP contribution in [0.4, 0.5) is 0 Å². The van der Waals surface area contributed by atoms with Crippen molar-refractivity contribution in [1.82, 2.24) is 5.32 Å². The smallest absolute Gasteiger partial charge is 0.0401 e. The molecule has 2 atom stereocenters. The van der Waals surface area contributed by atoms with E-state index in [-0.39, 0.29) is 5.54 Å². The van der Waals surface area contributed by atoms with E-state index in [9.17, 15) is 0 Å². The number of hydrogen-bond donors (Lipinski definition) is 1. The van der Waals surface area contributed by atoms with Gasteiger partial charge in [-0.2, -0.15) is 0 Å². The lowest BCUT2D eigenvalue weighted by molar-refractivity contribution is 0.344. The standard InChI is InChI=1S/C17H23N/c1-3-17(12-8-5-9-13-17)18-15(2)14-16-10-6-4-7-11-16/h4-12,15,18H,3,13-14H2,1-2H3/t15-,17+/m0/s1. The Bertz CT molecular complexity index is 418. The second kappa shape index (κ2) is 6.01. The molecule has 2 rings (SSSR count). The van der Waals surface area contributed by atoms with Crippen LogP contribution in [0.2, 0.25) is 0 Å². The van der Waals surface area contributed by atoms with Crippen LogP contribution < -0.4 is 5.32 Å². The zero-order valence-electron chi connectivity index (χ0n) is 11.4. The molecule has 0 fully saturated rings. The Hall–Kier alpha value is -1.34. The number of benzene rings is 1. The van der Waals surface area contributed by atoms with Gasteiger partial charge < -0.3 is 5.32 Å². The fourth-order valence-corrected chi connectivity index (χ4v) is 2.65. The van der Waals surface area contributed by atoms with Gasteiger partial charge in [-0.05, 0) is 31.7 Å². The van der Waals surface area contributed by atoms with Crippen molar-refractivity contribution in [2.75, 3.05) is 0 Å². The van der Waals surface area contributed by atoms with Crippen molar-refractivity contribution in [2.24, 2.45) is 0 Å². The highest BCUT2D eigenvalue weighted by Crippen LogP contribution is 2.22. The molecule has 0 bridgehead atoms. The van der Waals surface area contributed by atoms with Gasteiger partial charge in [0.2, 0.25) is 0 Å². The fourth-order valence-electron chi connectivity index (χ4n) is 2.65. The first-order chi connectivity index (χ1) is 8.74. The molecular weight excluding hydrogens is 218 g/mol. The van der Waals surface area contributed by atoms with Gasteiger partial charge in [0, 0.05) is 11.6 Å². The molecule has 0 aliphatic heterocycles. The molecule has 1 aliphatic rings. The third-order valence-electron chi connectivity index (χ3n) is 3.69. The summed E-state index contributed by atoms with van der Waals surface area (Å²) < 4.78 is 0. The maximum Gasteiger partial charge on any atom is 0.0401 e. The van der Waals surface area contributed by atoms with Crippen LogP contribution in [0, 0.1) is 0 Å². The maximum absolute atomic E-state index is 3.79. The third kappa shape index (κ3) is 3.33. The van der Waals surface area contributed by atoms with Crippen molar-refractivity contribution in [3.63, 3.8) is 0 Å². The summed E-state index contributed by atoms with van der Waals surface area (Å²) >= 11 is 0. The summed E-state index contributed by atoms with van der Waals surface area (Å²) in [5.41, 5.74) is 1.56. The van der Waals surface area contributed by atoms with Crippen LogP contribution in [0.25, 0.3) is 0 Å². The first kappa shape index (κ1) is 13.1. The molecule has 1 N–H and O–H groups in total. The first-order valence-corrected chi connectivity index (χ1v) is 6.90. The highest BCUT2D eigenvalue weighted by atomic mass is 15.0. The molecule has 1 aromatic carbocycles. The van der Waals surface area contributed by atoms with E-state index in [4.69, 9.17) is 0 Å². The molecule has 0 unspecified atom stereocenters. The number of rotatable bonds is 5. The topological polar surface area (TPSA) is 12.0 Å². The first-order valence-electron chi connectivity index (χ1n) is 6.90. The molecule has 0 spiro atoms. The zero-order chi connectivity index (χ0) is 12.8. The van der Waals surface area contributed by atoms with Crippen LogP contribution >= 0.6 is 0 Å². The molecule has 1 aliphatic carbocycles. The van der Waals surface area contributed by atoms with E-state index in [1.165, 1.54) is 5.56 Å². The van der Waals surface area contributed by atoms with Crippen molar-refractivity contribution in [3.8, 4) is 0 Å². The second-order valence-corrected chi connectivity index (χ2v) is 5.24. The highest BCUT2D eigenvalue weighted by molar-refractivity contribution is 5.22. The molecule has 1 nitrogen and oxygen atoms in total. The Morgan fingerprint density at radius 3 is 2.61 bits per heavy atom. The quantitative estimate of drug-likeness (QED) is 0.825. The van der Waals surface area contributed by atoms with Crippen molar-refractivity contribution in [3.05, 3.63) is 60.2 Å². The third-order valence-corrected chi connectivity index (χ3v) is 3.69. The summed E-state index contributed by atoms with van der Waals surface area (Å²) in [6.07, 6.45) is 12.2. The summed E-state index contributed by atoms with van der Waals surface area (Å²) in [5, 5.41) is 3.79. The van der Waals surface area contributed by atoms with E-state index >= 15 is 0 Å². The number of allylic oxidation sites excluding steroid dienone is 2. The van der Waals surface area contributed by atoms with E-state index in [0.29, 0.717) is 6.04 Å². The minimum Gasteiger partial charge on any atom is -0.305 e. The van der Waals surface area contributed by atoms with Crippen LogP contribution in [0.5, 0.6) is 0 Å². The van der Waals surface area contributed by atoms with Gasteiger partial charge in [0.25, 0.3) is 0 Å². The average Bonchev–Trinajstić information content (AvgIpc) is 2.41. The molecule has 0 radical (unpaired) electrons. The van der Waals surface area contributed by atoms with Crippen LogP contribution in [-0.4, -0.2) is 11.6 Å². The van der Waals surface area contributed by atoms with Crippen LogP contribution in [0.15, 0.2) is 54.6 Å². The minimum absolute atomic E-state index is 0.156. The van der Waals surface area contributed by atoms with Crippen molar-refractivity contribution in [2.45, 2.75) is 44.7 Å². The second-order valence-electron chi connectivity index (χ2n) is 5.24. The van der Waals surface area contributed by atoms with Gasteiger partial charge >= 0.3 is 0 Å². The highest BCUT2D eigenvalue weighted by Gasteiger charge is 2.26. The van der Waals surface area contributed by atoms with Gasteiger partial charge in [0.05, 0.1) is 0 Å². The Kier molecular flexibility index (Phi) is 4.38. The molecule has 0 aromatic heterocycles. The van der Waals surface area contributed by atoms with Gasteiger partial charge in [0.15, 0.2) is 0 Å².